The predicted molar refractivity (Wildman–Crippen MR) is 104 cm³/mol. The maximum Gasteiger partial charge on any atom is 0.324 e. The highest BCUT2D eigenvalue weighted by Gasteiger charge is 2.30. The Balaban J connectivity index is 1.44. The summed E-state index contributed by atoms with van der Waals surface area (Å²) in [6.07, 6.45) is 0. The molecule has 0 aliphatic carbocycles. The Morgan fingerprint density at radius 2 is 1.64 bits per heavy atom. The van der Waals surface area contributed by atoms with Gasteiger partial charge in [-0.15, -0.1) is 0 Å². The fourth-order valence-corrected chi connectivity index (χ4v) is 4.49. The van der Waals surface area contributed by atoms with E-state index in [4.69, 9.17) is 9.26 Å². The molecule has 9 heteroatoms. The molecule has 146 valence electrons. The number of methoxy groups -OCH3 is 1. The van der Waals surface area contributed by atoms with E-state index in [1.807, 2.05) is 35.2 Å². The number of hydrogen-bond donors (Lipinski definition) is 0. The molecule has 0 unspecified atom stereocenters. The van der Waals surface area contributed by atoms with E-state index in [-0.39, 0.29) is 4.90 Å². The lowest BCUT2D eigenvalue weighted by Gasteiger charge is -2.32. The lowest BCUT2D eigenvalue weighted by Crippen LogP contribution is -2.48. The third kappa shape index (κ3) is 3.58. The number of piperazine rings is 1. The SMILES string of the molecule is COc1ccc(S(=O)(=O)N2CCN(c3nc(-c4ccccc4)no3)CC2)cc1. The van der Waals surface area contributed by atoms with Gasteiger partial charge in [0.15, 0.2) is 0 Å². The monoisotopic (exact) mass is 400 g/mol. The normalized spacial score (nSPS) is 15.5. The molecule has 1 aliphatic rings. The van der Waals surface area contributed by atoms with Gasteiger partial charge in [-0.25, -0.2) is 8.42 Å². The van der Waals surface area contributed by atoms with Crippen LogP contribution in [0.1, 0.15) is 0 Å². The zero-order chi connectivity index (χ0) is 19.6. The van der Waals surface area contributed by atoms with Gasteiger partial charge in [-0.1, -0.05) is 35.5 Å². The van der Waals surface area contributed by atoms with Crippen LogP contribution in [0.5, 0.6) is 5.75 Å². The first-order chi connectivity index (χ1) is 13.6. The van der Waals surface area contributed by atoms with Crippen LogP contribution in [0.3, 0.4) is 0 Å². The van der Waals surface area contributed by atoms with Gasteiger partial charge >= 0.3 is 6.01 Å². The van der Waals surface area contributed by atoms with E-state index in [1.165, 1.54) is 4.31 Å². The molecule has 1 aliphatic heterocycles. The summed E-state index contributed by atoms with van der Waals surface area (Å²) in [6, 6.07) is 16.4. The molecule has 28 heavy (non-hydrogen) atoms. The predicted octanol–water partition coefficient (Wildman–Crippen LogP) is 2.26. The minimum Gasteiger partial charge on any atom is -0.497 e. The minimum absolute atomic E-state index is 0.255. The largest absolute Gasteiger partial charge is 0.497 e. The van der Waals surface area contributed by atoms with Gasteiger partial charge in [0.25, 0.3) is 0 Å². The Bertz CT molecular complexity index is 1030. The van der Waals surface area contributed by atoms with Crippen LogP contribution in [-0.2, 0) is 10.0 Å². The van der Waals surface area contributed by atoms with E-state index in [2.05, 4.69) is 10.1 Å². The third-order valence-corrected chi connectivity index (χ3v) is 6.57. The van der Waals surface area contributed by atoms with E-state index < -0.39 is 10.0 Å². The average Bonchev–Trinajstić information content (AvgIpc) is 3.25. The van der Waals surface area contributed by atoms with E-state index in [0.29, 0.717) is 43.8 Å². The first kappa shape index (κ1) is 18.5. The molecule has 0 radical (unpaired) electrons. The molecule has 2 aromatic carbocycles. The van der Waals surface area contributed by atoms with Crippen molar-refractivity contribution in [3.05, 3.63) is 54.6 Å². The molecule has 1 fully saturated rings. The highest BCUT2D eigenvalue weighted by molar-refractivity contribution is 7.89. The summed E-state index contributed by atoms with van der Waals surface area (Å²) in [7, 11) is -2.00. The summed E-state index contributed by atoms with van der Waals surface area (Å²) in [6.45, 7) is 1.65. The first-order valence-corrected chi connectivity index (χ1v) is 10.3. The van der Waals surface area contributed by atoms with Crippen LogP contribution in [0.2, 0.25) is 0 Å². The van der Waals surface area contributed by atoms with Crippen LogP contribution in [0, 0.1) is 0 Å². The molecule has 1 aromatic heterocycles. The third-order valence-electron chi connectivity index (χ3n) is 4.65. The van der Waals surface area contributed by atoms with E-state index in [1.54, 1.807) is 31.4 Å². The van der Waals surface area contributed by atoms with Crippen molar-refractivity contribution >= 4 is 16.0 Å². The summed E-state index contributed by atoms with van der Waals surface area (Å²) in [5.41, 5.74) is 0.873. The van der Waals surface area contributed by atoms with Gasteiger partial charge < -0.3 is 14.2 Å². The minimum atomic E-state index is -3.55. The maximum absolute atomic E-state index is 12.8. The number of hydrogen-bond acceptors (Lipinski definition) is 7. The molecule has 0 atom stereocenters. The van der Waals surface area contributed by atoms with E-state index in [0.717, 1.165) is 5.56 Å². The Morgan fingerprint density at radius 3 is 2.29 bits per heavy atom. The van der Waals surface area contributed by atoms with Crippen molar-refractivity contribution in [2.45, 2.75) is 4.90 Å². The molecule has 0 spiro atoms. The van der Waals surface area contributed by atoms with Gasteiger partial charge in [-0.05, 0) is 24.3 Å². The van der Waals surface area contributed by atoms with Crippen molar-refractivity contribution in [3.8, 4) is 17.1 Å². The molecule has 0 saturated carbocycles. The smallest absolute Gasteiger partial charge is 0.324 e. The van der Waals surface area contributed by atoms with Crippen LogP contribution in [0.25, 0.3) is 11.4 Å². The number of aromatic nitrogens is 2. The van der Waals surface area contributed by atoms with Gasteiger partial charge in [-0.3, -0.25) is 0 Å². The van der Waals surface area contributed by atoms with Crippen molar-refractivity contribution < 1.29 is 17.7 Å². The number of anilines is 1. The summed E-state index contributed by atoms with van der Waals surface area (Å²) in [4.78, 5) is 6.59. The highest BCUT2D eigenvalue weighted by atomic mass is 32.2. The molecule has 1 saturated heterocycles. The highest BCUT2D eigenvalue weighted by Crippen LogP contribution is 2.24. The molecule has 0 N–H and O–H groups in total. The van der Waals surface area contributed by atoms with Crippen molar-refractivity contribution in [2.75, 3.05) is 38.2 Å². The van der Waals surface area contributed by atoms with Crippen molar-refractivity contribution in [2.24, 2.45) is 0 Å². The molecule has 0 bridgehead atoms. The molecule has 3 aromatic rings. The quantitative estimate of drug-likeness (QED) is 0.649. The summed E-state index contributed by atoms with van der Waals surface area (Å²) >= 11 is 0. The Morgan fingerprint density at radius 1 is 0.964 bits per heavy atom. The molecule has 8 nitrogen and oxygen atoms in total. The lowest BCUT2D eigenvalue weighted by atomic mass is 10.2. The molecular weight excluding hydrogens is 380 g/mol. The summed E-state index contributed by atoms with van der Waals surface area (Å²) in [5, 5.41) is 4.02. The van der Waals surface area contributed by atoms with E-state index in [9.17, 15) is 8.42 Å². The summed E-state index contributed by atoms with van der Waals surface area (Å²) in [5.74, 6) is 1.14. The second-order valence-electron chi connectivity index (χ2n) is 6.33. The fourth-order valence-electron chi connectivity index (χ4n) is 3.06. The van der Waals surface area contributed by atoms with E-state index >= 15 is 0 Å². The number of benzene rings is 2. The van der Waals surface area contributed by atoms with Crippen LogP contribution in [-0.4, -0.2) is 56.2 Å². The molecule has 0 amide bonds. The van der Waals surface area contributed by atoms with Crippen molar-refractivity contribution in [3.63, 3.8) is 0 Å². The topological polar surface area (TPSA) is 88.8 Å². The fraction of sp³-hybridized carbons (Fsp3) is 0.263. The van der Waals surface area contributed by atoms with Gasteiger partial charge in [0.1, 0.15) is 5.75 Å². The molecular formula is C19H20N4O4S. The number of nitrogens with zero attached hydrogens (tertiary/aromatic N) is 4. The maximum atomic E-state index is 12.8. The second-order valence-corrected chi connectivity index (χ2v) is 8.27. The summed E-state index contributed by atoms with van der Waals surface area (Å²) < 4.78 is 37.6. The molecule has 4 rings (SSSR count). The Labute approximate surface area is 163 Å². The lowest BCUT2D eigenvalue weighted by molar-refractivity contribution is 0.355. The van der Waals surface area contributed by atoms with Gasteiger partial charge in [-0.2, -0.15) is 9.29 Å². The zero-order valence-corrected chi connectivity index (χ0v) is 16.2. The van der Waals surface area contributed by atoms with Crippen LogP contribution >= 0.6 is 0 Å². The number of rotatable bonds is 5. The van der Waals surface area contributed by atoms with Crippen molar-refractivity contribution in [1.29, 1.82) is 0 Å². The second kappa shape index (κ2) is 7.61. The van der Waals surface area contributed by atoms with Crippen LogP contribution in [0.4, 0.5) is 6.01 Å². The van der Waals surface area contributed by atoms with Crippen LogP contribution < -0.4 is 9.64 Å². The first-order valence-electron chi connectivity index (χ1n) is 8.86. The Hall–Kier alpha value is -2.91. The van der Waals surface area contributed by atoms with Gasteiger partial charge in [0.05, 0.1) is 12.0 Å². The number of ether oxygens (including phenoxy) is 1. The number of sulfonamides is 1. The zero-order valence-electron chi connectivity index (χ0n) is 15.4. The Kier molecular flexibility index (Phi) is 5.01. The average molecular weight is 400 g/mol. The molecule has 2 heterocycles. The van der Waals surface area contributed by atoms with Crippen molar-refractivity contribution in [1.82, 2.24) is 14.4 Å². The van der Waals surface area contributed by atoms with Gasteiger partial charge in [0.2, 0.25) is 15.8 Å². The van der Waals surface area contributed by atoms with Gasteiger partial charge in [0, 0.05) is 31.7 Å². The van der Waals surface area contributed by atoms with Crippen LogP contribution in [0.15, 0.2) is 64.0 Å². The standard InChI is InChI=1S/C19H20N4O4S/c1-26-16-7-9-17(10-8-16)28(24,25)23-13-11-22(12-14-23)19-20-18(21-27-19)15-5-3-2-4-6-15/h2-10H,11-14H2,1H3.